The van der Waals surface area contributed by atoms with Crippen molar-refractivity contribution in [3.63, 3.8) is 0 Å². The molecule has 1 aromatic carbocycles. The van der Waals surface area contributed by atoms with Crippen LogP contribution in [0.1, 0.15) is 10.4 Å². The number of carboxylic acid groups (broad SMARTS) is 1. The molecular weight excluding hydrogens is 337 g/mol. The second-order valence-corrected chi connectivity index (χ2v) is 4.18. The summed E-state index contributed by atoms with van der Waals surface area (Å²) in [7, 11) is 0. The molecule has 0 aromatic heterocycles. The SMILES string of the molecule is Nc1c(Br)cc(C(=O)O)cc1I. The third kappa shape index (κ3) is 1.89. The third-order valence-corrected chi connectivity index (χ3v) is 2.87. The smallest absolute Gasteiger partial charge is 0.335 e. The highest BCUT2D eigenvalue weighted by molar-refractivity contribution is 14.1. The molecule has 5 heteroatoms. The van der Waals surface area contributed by atoms with Crippen molar-refractivity contribution in [2.75, 3.05) is 5.73 Å². The number of nitrogens with two attached hydrogens (primary N) is 1. The van der Waals surface area contributed by atoms with Crippen LogP contribution < -0.4 is 5.73 Å². The fraction of sp³-hybridized carbons (Fsp3) is 0. The first kappa shape index (κ1) is 9.79. The number of hydrogen-bond donors (Lipinski definition) is 2. The number of nitrogen functional groups attached to an aromatic ring is 1. The van der Waals surface area contributed by atoms with Crippen LogP contribution in [0.2, 0.25) is 0 Å². The molecule has 0 fully saturated rings. The summed E-state index contributed by atoms with van der Waals surface area (Å²) in [5.74, 6) is -0.950. The van der Waals surface area contributed by atoms with Crippen molar-refractivity contribution in [1.29, 1.82) is 0 Å². The van der Waals surface area contributed by atoms with Crippen LogP contribution in [0.3, 0.4) is 0 Å². The molecule has 12 heavy (non-hydrogen) atoms. The van der Waals surface area contributed by atoms with Gasteiger partial charge in [0, 0.05) is 8.04 Å². The van der Waals surface area contributed by atoms with Crippen LogP contribution in [0.5, 0.6) is 0 Å². The van der Waals surface area contributed by atoms with Crippen LogP contribution in [0.25, 0.3) is 0 Å². The van der Waals surface area contributed by atoms with Gasteiger partial charge in [0.1, 0.15) is 0 Å². The Morgan fingerprint density at radius 2 is 2.17 bits per heavy atom. The molecule has 0 atom stereocenters. The van der Waals surface area contributed by atoms with E-state index in [-0.39, 0.29) is 5.56 Å². The standard InChI is InChI=1S/C7H5BrINO2/c8-4-1-3(7(11)12)2-5(9)6(4)10/h1-2H,10H2,(H,11,12). The minimum Gasteiger partial charge on any atom is -0.478 e. The number of hydrogen-bond acceptors (Lipinski definition) is 2. The molecular formula is C7H5BrINO2. The fourth-order valence-electron chi connectivity index (χ4n) is 0.708. The Hall–Kier alpha value is -0.300. The minimum atomic E-state index is -0.950. The van der Waals surface area contributed by atoms with Crippen molar-refractivity contribution in [2.45, 2.75) is 0 Å². The Balaban J connectivity index is 3.31. The summed E-state index contributed by atoms with van der Waals surface area (Å²) in [6.07, 6.45) is 0. The normalized spacial score (nSPS) is 9.83. The molecule has 0 heterocycles. The molecule has 0 saturated heterocycles. The number of anilines is 1. The van der Waals surface area contributed by atoms with Gasteiger partial charge in [0.2, 0.25) is 0 Å². The van der Waals surface area contributed by atoms with Gasteiger partial charge in [-0.05, 0) is 50.7 Å². The van der Waals surface area contributed by atoms with Crippen molar-refractivity contribution in [3.05, 3.63) is 25.7 Å². The maximum absolute atomic E-state index is 10.6. The lowest BCUT2D eigenvalue weighted by Gasteiger charge is -2.02. The molecule has 1 aromatic rings. The number of benzene rings is 1. The second kappa shape index (κ2) is 3.61. The van der Waals surface area contributed by atoms with Crippen molar-refractivity contribution < 1.29 is 9.90 Å². The zero-order chi connectivity index (χ0) is 9.30. The van der Waals surface area contributed by atoms with E-state index in [0.717, 1.165) is 3.57 Å². The Kier molecular flexibility index (Phi) is 2.94. The average Bonchev–Trinajstić information content (AvgIpc) is 1.99. The van der Waals surface area contributed by atoms with Crippen LogP contribution in [0, 0.1) is 3.57 Å². The molecule has 3 nitrogen and oxygen atoms in total. The highest BCUT2D eigenvalue weighted by Gasteiger charge is 2.08. The maximum atomic E-state index is 10.6. The van der Waals surface area contributed by atoms with E-state index in [9.17, 15) is 4.79 Å². The van der Waals surface area contributed by atoms with Gasteiger partial charge in [-0.25, -0.2) is 4.79 Å². The molecule has 3 N–H and O–H groups in total. The third-order valence-electron chi connectivity index (χ3n) is 1.33. The van der Waals surface area contributed by atoms with Gasteiger partial charge in [-0.15, -0.1) is 0 Å². The van der Waals surface area contributed by atoms with Gasteiger partial charge in [-0.2, -0.15) is 0 Å². The summed E-state index contributed by atoms with van der Waals surface area (Å²) in [4.78, 5) is 10.6. The van der Waals surface area contributed by atoms with Crippen LogP contribution in [-0.4, -0.2) is 11.1 Å². The summed E-state index contributed by atoms with van der Waals surface area (Å²) in [5.41, 5.74) is 6.41. The van der Waals surface area contributed by atoms with Gasteiger partial charge in [0.15, 0.2) is 0 Å². The number of rotatable bonds is 1. The second-order valence-electron chi connectivity index (χ2n) is 2.16. The molecule has 0 aliphatic rings. The first-order chi connectivity index (χ1) is 5.52. The van der Waals surface area contributed by atoms with Crippen LogP contribution in [0.15, 0.2) is 16.6 Å². The molecule has 0 aliphatic heterocycles. The number of halogens is 2. The zero-order valence-electron chi connectivity index (χ0n) is 5.84. The Morgan fingerprint density at radius 1 is 1.58 bits per heavy atom. The summed E-state index contributed by atoms with van der Waals surface area (Å²) in [6.45, 7) is 0. The lowest BCUT2D eigenvalue weighted by molar-refractivity contribution is 0.0697. The van der Waals surface area contributed by atoms with E-state index in [1.807, 2.05) is 22.6 Å². The number of carboxylic acids is 1. The number of carbonyl (C=O) groups is 1. The first-order valence-electron chi connectivity index (χ1n) is 3.00. The van der Waals surface area contributed by atoms with E-state index in [2.05, 4.69) is 15.9 Å². The van der Waals surface area contributed by atoms with Crippen LogP contribution in [-0.2, 0) is 0 Å². The quantitative estimate of drug-likeness (QED) is 0.608. The topological polar surface area (TPSA) is 63.3 Å². The molecule has 0 aliphatic carbocycles. The van der Waals surface area contributed by atoms with Crippen molar-refractivity contribution >= 4 is 50.2 Å². The van der Waals surface area contributed by atoms with Gasteiger partial charge in [-0.1, -0.05) is 0 Å². The van der Waals surface area contributed by atoms with E-state index in [1.165, 1.54) is 12.1 Å². The summed E-state index contributed by atoms with van der Waals surface area (Å²) in [6, 6.07) is 3.02. The highest BCUT2D eigenvalue weighted by Crippen LogP contribution is 2.26. The summed E-state index contributed by atoms with van der Waals surface area (Å²) < 4.78 is 1.35. The van der Waals surface area contributed by atoms with Crippen LogP contribution >= 0.6 is 38.5 Å². The Morgan fingerprint density at radius 3 is 2.58 bits per heavy atom. The molecule has 0 amide bonds. The molecule has 0 saturated carbocycles. The lowest BCUT2D eigenvalue weighted by atomic mass is 10.2. The van der Waals surface area contributed by atoms with Gasteiger partial charge < -0.3 is 10.8 Å². The Labute approximate surface area is 91.2 Å². The minimum absolute atomic E-state index is 0.237. The molecule has 64 valence electrons. The molecule has 0 unspecified atom stereocenters. The molecule has 0 radical (unpaired) electrons. The van der Waals surface area contributed by atoms with Gasteiger partial charge in [0.05, 0.1) is 11.3 Å². The van der Waals surface area contributed by atoms with Gasteiger partial charge in [-0.3, -0.25) is 0 Å². The fourth-order valence-corrected chi connectivity index (χ4v) is 2.16. The van der Waals surface area contributed by atoms with E-state index in [4.69, 9.17) is 10.8 Å². The van der Waals surface area contributed by atoms with E-state index < -0.39 is 5.97 Å². The Bertz CT molecular complexity index is 317. The predicted octanol–water partition coefficient (Wildman–Crippen LogP) is 2.33. The van der Waals surface area contributed by atoms with Crippen molar-refractivity contribution in [2.24, 2.45) is 0 Å². The van der Waals surface area contributed by atoms with Crippen molar-refractivity contribution in [3.8, 4) is 0 Å². The molecule has 0 bridgehead atoms. The largest absolute Gasteiger partial charge is 0.478 e. The first-order valence-corrected chi connectivity index (χ1v) is 4.87. The van der Waals surface area contributed by atoms with Gasteiger partial charge >= 0.3 is 5.97 Å². The van der Waals surface area contributed by atoms with E-state index in [1.54, 1.807) is 0 Å². The molecule has 1 rings (SSSR count). The average molecular weight is 342 g/mol. The predicted molar refractivity (Wildman–Crippen MR) is 58.2 cm³/mol. The van der Waals surface area contributed by atoms with Crippen LogP contribution in [0.4, 0.5) is 5.69 Å². The zero-order valence-corrected chi connectivity index (χ0v) is 9.59. The monoisotopic (exact) mass is 341 g/mol. The van der Waals surface area contributed by atoms with Crippen molar-refractivity contribution in [1.82, 2.24) is 0 Å². The lowest BCUT2D eigenvalue weighted by Crippen LogP contribution is -1.99. The molecule has 0 spiro atoms. The summed E-state index contributed by atoms with van der Waals surface area (Å²) in [5, 5.41) is 8.66. The maximum Gasteiger partial charge on any atom is 0.335 e. The van der Waals surface area contributed by atoms with E-state index in [0.29, 0.717) is 10.2 Å². The number of aromatic carboxylic acids is 1. The highest BCUT2D eigenvalue weighted by atomic mass is 127. The van der Waals surface area contributed by atoms with E-state index >= 15 is 0 Å². The summed E-state index contributed by atoms with van der Waals surface area (Å²) >= 11 is 5.16. The van der Waals surface area contributed by atoms with Gasteiger partial charge in [0.25, 0.3) is 0 Å².